The van der Waals surface area contributed by atoms with Crippen molar-refractivity contribution >= 4 is 5.91 Å². The highest BCUT2D eigenvalue weighted by atomic mass is 19.1. The van der Waals surface area contributed by atoms with E-state index in [-0.39, 0.29) is 18.0 Å². The van der Waals surface area contributed by atoms with E-state index in [1.54, 1.807) is 6.92 Å². The monoisotopic (exact) mass is 228 g/mol. The van der Waals surface area contributed by atoms with Gasteiger partial charge in [0.2, 0.25) is 5.91 Å². The van der Waals surface area contributed by atoms with Gasteiger partial charge in [-0.25, -0.2) is 8.78 Å². The quantitative estimate of drug-likeness (QED) is 0.816. The summed E-state index contributed by atoms with van der Waals surface area (Å²) in [7, 11) is 0. The second kappa shape index (κ2) is 5.55. The van der Waals surface area contributed by atoms with Gasteiger partial charge in [0.15, 0.2) is 0 Å². The molecule has 3 N–H and O–H groups in total. The summed E-state index contributed by atoms with van der Waals surface area (Å²) in [5.41, 5.74) is 5.71. The average molecular weight is 228 g/mol. The van der Waals surface area contributed by atoms with Crippen LogP contribution in [-0.2, 0) is 11.3 Å². The van der Waals surface area contributed by atoms with Crippen molar-refractivity contribution in [3.63, 3.8) is 0 Å². The van der Waals surface area contributed by atoms with Gasteiger partial charge in [-0.15, -0.1) is 0 Å². The molecule has 1 aromatic rings. The van der Waals surface area contributed by atoms with E-state index in [1.807, 2.05) is 0 Å². The van der Waals surface area contributed by atoms with Crippen molar-refractivity contribution in [3.8, 4) is 0 Å². The molecule has 5 heteroatoms. The van der Waals surface area contributed by atoms with Crippen LogP contribution in [0.4, 0.5) is 8.78 Å². The Morgan fingerprint density at radius 1 is 1.50 bits per heavy atom. The minimum absolute atomic E-state index is 0.0125. The van der Waals surface area contributed by atoms with E-state index >= 15 is 0 Å². The summed E-state index contributed by atoms with van der Waals surface area (Å²) in [5, 5.41) is 2.48. The number of nitrogens with one attached hydrogen (secondary N) is 1. The van der Waals surface area contributed by atoms with Crippen LogP contribution in [0.1, 0.15) is 18.9 Å². The molecular formula is C11H14F2N2O. The number of carbonyl (C=O) groups excluding carboxylic acids is 1. The van der Waals surface area contributed by atoms with Crippen molar-refractivity contribution in [3.05, 3.63) is 35.4 Å². The number of carbonyl (C=O) groups is 1. The number of nitrogens with two attached hydrogens (primary N) is 1. The van der Waals surface area contributed by atoms with Crippen molar-refractivity contribution in [1.82, 2.24) is 5.32 Å². The molecule has 0 aliphatic heterocycles. The van der Waals surface area contributed by atoms with Crippen LogP contribution in [0.25, 0.3) is 0 Å². The van der Waals surface area contributed by atoms with Crippen LogP contribution < -0.4 is 11.1 Å². The summed E-state index contributed by atoms with van der Waals surface area (Å²) < 4.78 is 25.7. The van der Waals surface area contributed by atoms with Crippen molar-refractivity contribution in [2.45, 2.75) is 25.9 Å². The molecule has 1 atom stereocenters. The van der Waals surface area contributed by atoms with Gasteiger partial charge in [-0.1, -0.05) is 13.0 Å². The maximum absolute atomic E-state index is 13.2. The van der Waals surface area contributed by atoms with E-state index in [9.17, 15) is 13.6 Å². The van der Waals surface area contributed by atoms with Crippen molar-refractivity contribution < 1.29 is 13.6 Å². The third kappa shape index (κ3) is 3.27. The van der Waals surface area contributed by atoms with Crippen molar-refractivity contribution in [2.75, 3.05) is 0 Å². The third-order valence-corrected chi connectivity index (χ3v) is 2.24. The smallest absolute Gasteiger partial charge is 0.237 e. The topological polar surface area (TPSA) is 55.1 Å². The van der Waals surface area contributed by atoms with E-state index in [2.05, 4.69) is 5.32 Å². The van der Waals surface area contributed by atoms with E-state index in [0.29, 0.717) is 6.42 Å². The van der Waals surface area contributed by atoms with E-state index < -0.39 is 17.7 Å². The van der Waals surface area contributed by atoms with Crippen LogP contribution in [0.15, 0.2) is 18.2 Å². The number of amides is 1. The molecule has 0 spiro atoms. The standard InChI is InChI=1S/C11H14F2N2O/c1-2-10(14)11(16)15-6-7-3-4-8(12)5-9(7)13/h3-5,10H,2,6,14H2,1H3,(H,15,16)/t10-/m0/s1. The summed E-state index contributed by atoms with van der Waals surface area (Å²) in [5.74, 6) is -1.66. The average Bonchev–Trinajstić information content (AvgIpc) is 2.26. The second-order valence-electron chi connectivity index (χ2n) is 3.47. The van der Waals surface area contributed by atoms with Crippen LogP contribution in [-0.4, -0.2) is 11.9 Å². The third-order valence-electron chi connectivity index (χ3n) is 2.24. The Labute approximate surface area is 92.6 Å². The Balaban J connectivity index is 2.58. The molecule has 0 fully saturated rings. The molecule has 0 aliphatic rings. The molecule has 0 radical (unpaired) electrons. The zero-order valence-corrected chi connectivity index (χ0v) is 8.97. The molecule has 88 valence electrons. The SMILES string of the molecule is CC[C@H](N)C(=O)NCc1ccc(F)cc1F. The first-order valence-corrected chi connectivity index (χ1v) is 5.01. The Bertz CT molecular complexity index is 382. The molecule has 0 aromatic heterocycles. The van der Waals surface area contributed by atoms with Gasteiger partial charge in [0.05, 0.1) is 6.04 Å². The summed E-state index contributed by atoms with van der Waals surface area (Å²) in [4.78, 5) is 11.3. The molecular weight excluding hydrogens is 214 g/mol. The number of halogens is 2. The van der Waals surface area contributed by atoms with Gasteiger partial charge in [-0.3, -0.25) is 4.79 Å². The van der Waals surface area contributed by atoms with Gasteiger partial charge in [0.25, 0.3) is 0 Å². The summed E-state index contributed by atoms with van der Waals surface area (Å²) in [6.45, 7) is 1.79. The fraction of sp³-hybridized carbons (Fsp3) is 0.364. The molecule has 3 nitrogen and oxygen atoms in total. The fourth-order valence-corrected chi connectivity index (χ4v) is 1.16. The number of benzene rings is 1. The maximum atomic E-state index is 13.2. The number of hydrogen-bond donors (Lipinski definition) is 2. The highest BCUT2D eigenvalue weighted by Gasteiger charge is 2.11. The van der Waals surface area contributed by atoms with E-state index in [4.69, 9.17) is 5.73 Å². The van der Waals surface area contributed by atoms with Crippen LogP contribution in [0.5, 0.6) is 0 Å². The van der Waals surface area contributed by atoms with Crippen LogP contribution in [0, 0.1) is 11.6 Å². The largest absolute Gasteiger partial charge is 0.351 e. The minimum atomic E-state index is -0.676. The second-order valence-corrected chi connectivity index (χ2v) is 3.47. The zero-order chi connectivity index (χ0) is 12.1. The molecule has 0 unspecified atom stereocenters. The predicted molar refractivity (Wildman–Crippen MR) is 56.5 cm³/mol. The molecule has 16 heavy (non-hydrogen) atoms. The van der Waals surface area contributed by atoms with Gasteiger partial charge in [0, 0.05) is 18.2 Å². The number of hydrogen-bond acceptors (Lipinski definition) is 2. The highest BCUT2D eigenvalue weighted by Crippen LogP contribution is 2.09. The lowest BCUT2D eigenvalue weighted by molar-refractivity contribution is -0.122. The summed E-state index contributed by atoms with van der Waals surface area (Å²) in [6.07, 6.45) is 0.512. The predicted octanol–water partition coefficient (Wildman–Crippen LogP) is 1.32. The van der Waals surface area contributed by atoms with Crippen LogP contribution >= 0.6 is 0 Å². The van der Waals surface area contributed by atoms with E-state index in [1.165, 1.54) is 6.07 Å². The Morgan fingerprint density at radius 3 is 2.75 bits per heavy atom. The molecule has 0 bridgehead atoms. The van der Waals surface area contributed by atoms with E-state index in [0.717, 1.165) is 12.1 Å². The maximum Gasteiger partial charge on any atom is 0.237 e. The number of rotatable bonds is 4. The first-order chi connectivity index (χ1) is 7.54. The zero-order valence-electron chi connectivity index (χ0n) is 8.97. The highest BCUT2D eigenvalue weighted by molar-refractivity contribution is 5.81. The summed E-state index contributed by atoms with van der Waals surface area (Å²) in [6, 6.07) is 2.62. The van der Waals surface area contributed by atoms with Crippen molar-refractivity contribution in [1.29, 1.82) is 0 Å². The Hall–Kier alpha value is -1.49. The molecule has 0 saturated carbocycles. The van der Waals surface area contributed by atoms with Gasteiger partial charge >= 0.3 is 0 Å². The van der Waals surface area contributed by atoms with Gasteiger partial charge in [-0.2, -0.15) is 0 Å². The lowest BCUT2D eigenvalue weighted by Gasteiger charge is -2.10. The molecule has 0 aliphatic carbocycles. The van der Waals surface area contributed by atoms with Crippen LogP contribution in [0.2, 0.25) is 0 Å². The van der Waals surface area contributed by atoms with Gasteiger partial charge < -0.3 is 11.1 Å². The molecule has 0 saturated heterocycles. The molecule has 1 aromatic carbocycles. The fourth-order valence-electron chi connectivity index (χ4n) is 1.16. The molecule has 1 amide bonds. The first-order valence-electron chi connectivity index (χ1n) is 5.01. The lowest BCUT2D eigenvalue weighted by atomic mass is 10.2. The Morgan fingerprint density at radius 2 is 2.19 bits per heavy atom. The molecule has 1 rings (SSSR count). The van der Waals surface area contributed by atoms with Crippen LogP contribution in [0.3, 0.4) is 0 Å². The van der Waals surface area contributed by atoms with Gasteiger partial charge in [-0.05, 0) is 12.5 Å². The van der Waals surface area contributed by atoms with Crippen molar-refractivity contribution in [2.24, 2.45) is 5.73 Å². The normalized spacial score (nSPS) is 12.2. The molecule has 0 heterocycles. The van der Waals surface area contributed by atoms with Gasteiger partial charge in [0.1, 0.15) is 11.6 Å². The first kappa shape index (κ1) is 12.6. The summed E-state index contributed by atoms with van der Waals surface area (Å²) >= 11 is 0. The minimum Gasteiger partial charge on any atom is -0.351 e. The lowest BCUT2D eigenvalue weighted by Crippen LogP contribution is -2.39. The Kier molecular flexibility index (Phi) is 4.37.